The first-order valence-corrected chi connectivity index (χ1v) is 9.86. The second-order valence-corrected chi connectivity index (χ2v) is 8.02. The highest BCUT2D eigenvalue weighted by Crippen LogP contribution is 2.27. The molecule has 6 nitrogen and oxygen atoms in total. The molecule has 3 aromatic rings. The van der Waals surface area contributed by atoms with Gasteiger partial charge in [-0.3, -0.25) is 14.2 Å². The average Bonchev–Trinajstić information content (AvgIpc) is 3.12. The number of hydrogen-bond acceptors (Lipinski definition) is 5. The van der Waals surface area contributed by atoms with Gasteiger partial charge in [-0.1, -0.05) is 29.4 Å². The van der Waals surface area contributed by atoms with Crippen LogP contribution in [0.4, 0.5) is 5.69 Å². The van der Waals surface area contributed by atoms with E-state index in [0.717, 1.165) is 11.3 Å². The zero-order chi connectivity index (χ0) is 20.3. The third-order valence-electron chi connectivity index (χ3n) is 4.16. The van der Waals surface area contributed by atoms with Gasteiger partial charge in [0, 0.05) is 16.3 Å². The molecule has 1 aromatic heterocycles. The van der Waals surface area contributed by atoms with Crippen LogP contribution >= 0.6 is 23.4 Å². The van der Waals surface area contributed by atoms with Crippen molar-refractivity contribution < 1.29 is 9.59 Å². The molecule has 0 saturated carbocycles. The molecule has 0 saturated heterocycles. The number of thioether (sulfide) groups is 1. The maximum absolute atomic E-state index is 12.5. The predicted octanol–water partition coefficient (Wildman–Crippen LogP) is 4.55. The van der Waals surface area contributed by atoms with E-state index in [1.807, 2.05) is 25.1 Å². The topological polar surface area (TPSA) is 76.9 Å². The molecule has 0 spiro atoms. The van der Waals surface area contributed by atoms with E-state index >= 15 is 0 Å². The molecule has 1 N–H and O–H groups in total. The van der Waals surface area contributed by atoms with Crippen LogP contribution in [0.15, 0.2) is 53.9 Å². The van der Waals surface area contributed by atoms with Gasteiger partial charge in [0.15, 0.2) is 10.9 Å². The van der Waals surface area contributed by atoms with E-state index in [-0.39, 0.29) is 11.7 Å². The van der Waals surface area contributed by atoms with Gasteiger partial charge in [0.2, 0.25) is 5.91 Å². The standard InChI is InChI=1S/C20H19ClN4O2S/c1-12-4-9-17(10-18(12)21)25-11-22-24-20(25)28-14(3)19(27)23-16-7-5-15(6-8-16)13(2)26/h4-11,14H,1-3H3,(H,23,27). The van der Waals surface area contributed by atoms with Crippen molar-refractivity contribution >= 4 is 40.7 Å². The minimum absolute atomic E-state index is 0.0163. The Morgan fingerprint density at radius 1 is 1.18 bits per heavy atom. The zero-order valence-corrected chi connectivity index (χ0v) is 17.2. The molecular weight excluding hydrogens is 396 g/mol. The number of rotatable bonds is 6. The molecule has 0 radical (unpaired) electrons. The number of ketones is 1. The van der Waals surface area contributed by atoms with Crippen molar-refractivity contribution in [1.82, 2.24) is 14.8 Å². The molecule has 1 atom stereocenters. The van der Waals surface area contributed by atoms with E-state index in [4.69, 9.17) is 11.6 Å². The Hall–Kier alpha value is -2.64. The van der Waals surface area contributed by atoms with Gasteiger partial charge in [-0.15, -0.1) is 10.2 Å². The molecule has 144 valence electrons. The molecule has 1 heterocycles. The van der Waals surface area contributed by atoms with E-state index in [1.54, 1.807) is 42.1 Å². The molecule has 0 fully saturated rings. The Kier molecular flexibility index (Phi) is 6.16. The average molecular weight is 415 g/mol. The number of amides is 1. The fraction of sp³-hybridized carbons (Fsp3) is 0.200. The number of nitrogens with one attached hydrogen (secondary N) is 1. The third-order valence-corrected chi connectivity index (χ3v) is 5.62. The molecule has 1 unspecified atom stereocenters. The number of hydrogen-bond donors (Lipinski definition) is 1. The van der Waals surface area contributed by atoms with Crippen molar-refractivity contribution in [3.63, 3.8) is 0 Å². The number of Topliss-reactive ketones (excluding diaryl/α,β-unsaturated/α-hetero) is 1. The summed E-state index contributed by atoms with van der Waals surface area (Å²) in [4.78, 5) is 23.9. The van der Waals surface area contributed by atoms with Crippen molar-refractivity contribution in [3.05, 3.63) is 64.9 Å². The van der Waals surface area contributed by atoms with E-state index in [1.165, 1.54) is 18.7 Å². The van der Waals surface area contributed by atoms with Gasteiger partial charge in [-0.2, -0.15) is 0 Å². The number of nitrogens with zero attached hydrogens (tertiary/aromatic N) is 3. The second-order valence-electron chi connectivity index (χ2n) is 6.30. The predicted molar refractivity (Wildman–Crippen MR) is 112 cm³/mol. The summed E-state index contributed by atoms with van der Waals surface area (Å²) in [6, 6.07) is 12.5. The van der Waals surface area contributed by atoms with Gasteiger partial charge in [-0.25, -0.2) is 0 Å². The van der Waals surface area contributed by atoms with Gasteiger partial charge in [0.1, 0.15) is 6.33 Å². The first-order valence-electron chi connectivity index (χ1n) is 8.60. The number of benzene rings is 2. The first kappa shape index (κ1) is 20.1. The Morgan fingerprint density at radius 3 is 2.54 bits per heavy atom. The lowest BCUT2D eigenvalue weighted by Crippen LogP contribution is -2.22. The van der Waals surface area contributed by atoms with Crippen molar-refractivity contribution in [1.29, 1.82) is 0 Å². The maximum Gasteiger partial charge on any atom is 0.237 e. The highest BCUT2D eigenvalue weighted by Gasteiger charge is 2.19. The maximum atomic E-state index is 12.5. The molecule has 28 heavy (non-hydrogen) atoms. The van der Waals surface area contributed by atoms with Crippen molar-refractivity contribution in [3.8, 4) is 5.69 Å². The number of carbonyl (C=O) groups is 2. The summed E-state index contributed by atoms with van der Waals surface area (Å²) in [5.41, 5.74) is 3.05. The lowest BCUT2D eigenvalue weighted by atomic mass is 10.1. The number of aryl methyl sites for hydroxylation is 1. The minimum atomic E-state index is -0.406. The van der Waals surface area contributed by atoms with Crippen molar-refractivity contribution in [2.24, 2.45) is 0 Å². The van der Waals surface area contributed by atoms with Crippen LogP contribution in [0.5, 0.6) is 0 Å². The molecule has 8 heteroatoms. The summed E-state index contributed by atoms with van der Waals surface area (Å²) in [6.45, 7) is 5.23. The lowest BCUT2D eigenvalue weighted by molar-refractivity contribution is -0.115. The van der Waals surface area contributed by atoms with Crippen LogP contribution < -0.4 is 5.32 Å². The largest absolute Gasteiger partial charge is 0.325 e. The van der Waals surface area contributed by atoms with Crippen molar-refractivity contribution in [2.75, 3.05) is 5.32 Å². The molecule has 0 aliphatic rings. The molecule has 3 rings (SSSR count). The summed E-state index contributed by atoms with van der Waals surface area (Å²) >= 11 is 7.51. The Bertz CT molecular complexity index is 1020. The van der Waals surface area contributed by atoms with Crippen LogP contribution in [-0.4, -0.2) is 31.7 Å². The van der Waals surface area contributed by atoms with Crippen LogP contribution in [0.1, 0.15) is 29.8 Å². The van der Waals surface area contributed by atoms with E-state index in [0.29, 0.717) is 21.4 Å². The lowest BCUT2D eigenvalue weighted by Gasteiger charge is -2.13. The Labute approximate surface area is 172 Å². The van der Waals surface area contributed by atoms with Crippen LogP contribution in [0.3, 0.4) is 0 Å². The van der Waals surface area contributed by atoms with Crippen LogP contribution in [0.25, 0.3) is 5.69 Å². The molecule has 0 aliphatic carbocycles. The Balaban J connectivity index is 1.70. The molecule has 0 bridgehead atoms. The summed E-state index contributed by atoms with van der Waals surface area (Å²) in [7, 11) is 0. The molecule has 1 amide bonds. The van der Waals surface area contributed by atoms with Gasteiger partial charge >= 0.3 is 0 Å². The normalized spacial score (nSPS) is 11.9. The fourth-order valence-corrected chi connectivity index (χ4v) is 3.47. The number of anilines is 1. The van der Waals surface area contributed by atoms with Crippen LogP contribution in [0.2, 0.25) is 5.02 Å². The summed E-state index contributed by atoms with van der Waals surface area (Å²) < 4.78 is 1.79. The Morgan fingerprint density at radius 2 is 1.89 bits per heavy atom. The first-order chi connectivity index (χ1) is 13.3. The number of halogens is 1. The van der Waals surface area contributed by atoms with Gasteiger partial charge < -0.3 is 5.32 Å². The SMILES string of the molecule is CC(=O)c1ccc(NC(=O)C(C)Sc2nncn2-c2ccc(C)c(Cl)c2)cc1. The van der Waals surface area contributed by atoms with Gasteiger partial charge in [0.05, 0.1) is 10.9 Å². The van der Waals surface area contributed by atoms with E-state index in [9.17, 15) is 9.59 Å². The van der Waals surface area contributed by atoms with Crippen LogP contribution in [-0.2, 0) is 4.79 Å². The smallest absolute Gasteiger partial charge is 0.237 e. The second kappa shape index (κ2) is 8.58. The molecular formula is C20H19ClN4O2S. The monoisotopic (exact) mass is 414 g/mol. The van der Waals surface area contributed by atoms with Gasteiger partial charge in [0.25, 0.3) is 0 Å². The summed E-state index contributed by atoms with van der Waals surface area (Å²) in [5.74, 6) is -0.186. The molecule has 2 aromatic carbocycles. The summed E-state index contributed by atoms with van der Waals surface area (Å²) in [6.07, 6.45) is 1.59. The van der Waals surface area contributed by atoms with E-state index < -0.39 is 5.25 Å². The fourth-order valence-electron chi connectivity index (χ4n) is 2.46. The minimum Gasteiger partial charge on any atom is -0.325 e. The highest BCUT2D eigenvalue weighted by atomic mass is 35.5. The van der Waals surface area contributed by atoms with Gasteiger partial charge in [-0.05, 0) is 62.7 Å². The zero-order valence-electron chi connectivity index (χ0n) is 15.6. The third kappa shape index (κ3) is 4.61. The summed E-state index contributed by atoms with van der Waals surface area (Å²) in [5, 5.41) is 11.8. The highest BCUT2D eigenvalue weighted by molar-refractivity contribution is 8.00. The number of aromatic nitrogens is 3. The number of carbonyl (C=O) groups excluding carboxylic acids is 2. The van der Waals surface area contributed by atoms with Crippen LogP contribution in [0, 0.1) is 6.92 Å². The molecule has 0 aliphatic heterocycles. The van der Waals surface area contributed by atoms with Crippen molar-refractivity contribution in [2.45, 2.75) is 31.2 Å². The quantitative estimate of drug-likeness (QED) is 0.473. The van der Waals surface area contributed by atoms with E-state index in [2.05, 4.69) is 15.5 Å².